The van der Waals surface area contributed by atoms with E-state index < -0.39 is 5.60 Å². The van der Waals surface area contributed by atoms with Crippen molar-refractivity contribution in [2.24, 2.45) is 29.6 Å². The topological polar surface area (TPSA) is 26.3 Å². The zero-order chi connectivity index (χ0) is 16.4. The van der Waals surface area contributed by atoms with Gasteiger partial charge in [0.15, 0.2) is 0 Å². The van der Waals surface area contributed by atoms with E-state index in [4.69, 9.17) is 4.74 Å². The van der Waals surface area contributed by atoms with E-state index >= 15 is 0 Å². The third-order valence-corrected chi connectivity index (χ3v) is 5.14. The summed E-state index contributed by atoms with van der Waals surface area (Å²) in [5.41, 5.74) is 0.237. The van der Waals surface area contributed by atoms with Gasteiger partial charge in [-0.15, -0.1) is 0 Å². The second-order valence-corrected chi connectivity index (χ2v) is 8.29. The van der Waals surface area contributed by atoms with E-state index in [2.05, 4.69) is 34.3 Å². The fourth-order valence-corrected chi connectivity index (χ4v) is 3.36. The maximum atomic E-state index is 12.3. The van der Waals surface area contributed by atoms with Crippen LogP contribution in [0.4, 0.5) is 0 Å². The highest BCUT2D eigenvalue weighted by atomic mass is 16.6. The van der Waals surface area contributed by atoms with E-state index in [-0.39, 0.29) is 11.9 Å². The summed E-state index contributed by atoms with van der Waals surface area (Å²) in [5.74, 6) is 2.69. The molecule has 0 aliphatic heterocycles. The molecule has 0 amide bonds. The summed E-state index contributed by atoms with van der Waals surface area (Å²) in [6, 6.07) is 0. The lowest BCUT2D eigenvalue weighted by atomic mass is 9.67. The zero-order valence-corrected chi connectivity index (χ0v) is 15.0. The van der Waals surface area contributed by atoms with Crippen LogP contribution in [-0.4, -0.2) is 11.6 Å². The lowest BCUT2D eigenvalue weighted by Gasteiger charge is -2.39. The SMILES string of the molecule is C=C(C(=O)OC(C)(C)C)C1CC([C@@H](C)C(C)C)CC[C@H]1C. The summed E-state index contributed by atoms with van der Waals surface area (Å²) in [7, 11) is 0. The van der Waals surface area contributed by atoms with Gasteiger partial charge in [-0.3, -0.25) is 0 Å². The molecule has 21 heavy (non-hydrogen) atoms. The average molecular weight is 294 g/mol. The van der Waals surface area contributed by atoms with Gasteiger partial charge in [0.1, 0.15) is 5.60 Å². The molecule has 2 heteroatoms. The summed E-state index contributed by atoms with van der Waals surface area (Å²) in [6.45, 7) is 19.0. The van der Waals surface area contributed by atoms with Crippen molar-refractivity contribution < 1.29 is 9.53 Å². The van der Waals surface area contributed by atoms with Gasteiger partial charge in [0.2, 0.25) is 0 Å². The maximum absolute atomic E-state index is 12.3. The van der Waals surface area contributed by atoms with Crippen molar-refractivity contribution in [2.45, 2.75) is 73.3 Å². The second kappa shape index (κ2) is 6.98. The highest BCUT2D eigenvalue weighted by Gasteiger charge is 2.35. The van der Waals surface area contributed by atoms with E-state index in [0.29, 0.717) is 29.2 Å². The molecule has 0 saturated heterocycles. The molecule has 0 N–H and O–H groups in total. The molecule has 1 rings (SSSR count). The maximum Gasteiger partial charge on any atom is 0.334 e. The Kier molecular flexibility index (Phi) is 6.07. The van der Waals surface area contributed by atoms with Gasteiger partial charge in [-0.25, -0.2) is 4.79 Å². The van der Waals surface area contributed by atoms with Crippen molar-refractivity contribution in [3.8, 4) is 0 Å². The van der Waals surface area contributed by atoms with Crippen LogP contribution in [0.5, 0.6) is 0 Å². The number of hydrogen-bond donors (Lipinski definition) is 0. The van der Waals surface area contributed by atoms with Gasteiger partial charge in [0, 0.05) is 5.57 Å². The van der Waals surface area contributed by atoms with Gasteiger partial charge in [-0.05, 0) is 69.6 Å². The largest absolute Gasteiger partial charge is 0.457 e. The first-order chi connectivity index (χ1) is 9.53. The van der Waals surface area contributed by atoms with E-state index in [1.807, 2.05) is 20.8 Å². The minimum Gasteiger partial charge on any atom is -0.457 e. The minimum atomic E-state index is -0.442. The average Bonchev–Trinajstić information content (AvgIpc) is 2.35. The van der Waals surface area contributed by atoms with Crippen molar-refractivity contribution in [3.63, 3.8) is 0 Å². The molecular formula is C19H34O2. The Morgan fingerprint density at radius 2 is 1.76 bits per heavy atom. The Bertz CT molecular complexity index is 376. The summed E-state index contributed by atoms with van der Waals surface area (Å²) >= 11 is 0. The van der Waals surface area contributed by atoms with Gasteiger partial charge in [0.25, 0.3) is 0 Å². The number of ether oxygens (including phenoxy) is 1. The first-order valence-electron chi connectivity index (χ1n) is 8.45. The molecule has 0 aromatic rings. The number of esters is 1. The van der Waals surface area contributed by atoms with Crippen LogP contribution in [0.15, 0.2) is 12.2 Å². The monoisotopic (exact) mass is 294 g/mol. The van der Waals surface area contributed by atoms with Crippen molar-refractivity contribution >= 4 is 5.97 Å². The van der Waals surface area contributed by atoms with Gasteiger partial charge in [0.05, 0.1) is 0 Å². The highest BCUT2D eigenvalue weighted by molar-refractivity contribution is 5.88. The smallest absolute Gasteiger partial charge is 0.334 e. The summed E-state index contributed by atoms with van der Waals surface area (Å²) in [4.78, 5) is 12.3. The zero-order valence-electron chi connectivity index (χ0n) is 15.0. The Balaban J connectivity index is 2.75. The lowest BCUT2D eigenvalue weighted by molar-refractivity contribution is -0.151. The minimum absolute atomic E-state index is 0.211. The fraction of sp³-hybridized carbons (Fsp3) is 0.842. The molecule has 0 spiro atoms. The molecule has 2 unspecified atom stereocenters. The quantitative estimate of drug-likeness (QED) is 0.524. The number of carbonyl (C=O) groups is 1. The molecule has 1 fully saturated rings. The third-order valence-electron chi connectivity index (χ3n) is 5.14. The van der Waals surface area contributed by atoms with Crippen LogP contribution in [0.25, 0.3) is 0 Å². The molecule has 1 aliphatic rings. The van der Waals surface area contributed by atoms with Crippen LogP contribution < -0.4 is 0 Å². The molecule has 1 aliphatic carbocycles. The first kappa shape index (κ1) is 18.3. The van der Waals surface area contributed by atoms with E-state index in [1.165, 1.54) is 12.8 Å². The second-order valence-electron chi connectivity index (χ2n) is 8.29. The van der Waals surface area contributed by atoms with Crippen LogP contribution in [0.3, 0.4) is 0 Å². The highest BCUT2D eigenvalue weighted by Crippen LogP contribution is 2.42. The van der Waals surface area contributed by atoms with Crippen LogP contribution >= 0.6 is 0 Å². The molecule has 4 atom stereocenters. The van der Waals surface area contributed by atoms with Gasteiger partial charge < -0.3 is 4.74 Å². The van der Waals surface area contributed by atoms with Crippen LogP contribution in [0.2, 0.25) is 0 Å². The van der Waals surface area contributed by atoms with Crippen molar-refractivity contribution in [1.29, 1.82) is 0 Å². The molecule has 0 bridgehead atoms. The normalized spacial score (nSPS) is 28.3. The fourth-order valence-electron chi connectivity index (χ4n) is 3.36. The standard InChI is InChI=1S/C19H34O2/c1-12(2)14(4)16-10-9-13(3)17(11-16)15(5)18(20)21-19(6,7)8/h12-14,16-17H,5,9-11H2,1-4,6-8H3/t13-,14+,16?,17?/m1/s1. The van der Waals surface area contributed by atoms with Crippen molar-refractivity contribution in [2.75, 3.05) is 0 Å². The van der Waals surface area contributed by atoms with Gasteiger partial charge in [-0.2, -0.15) is 0 Å². The number of carbonyl (C=O) groups excluding carboxylic acids is 1. The third kappa shape index (κ3) is 5.16. The first-order valence-corrected chi connectivity index (χ1v) is 8.45. The predicted octanol–water partition coefficient (Wildman–Crippen LogP) is 5.23. The van der Waals surface area contributed by atoms with E-state index in [1.54, 1.807) is 0 Å². The number of hydrogen-bond acceptors (Lipinski definition) is 2. The van der Waals surface area contributed by atoms with E-state index in [0.717, 1.165) is 6.42 Å². The summed E-state index contributed by atoms with van der Waals surface area (Å²) < 4.78 is 5.51. The van der Waals surface area contributed by atoms with Gasteiger partial charge in [-0.1, -0.05) is 34.3 Å². The molecular weight excluding hydrogens is 260 g/mol. The number of rotatable bonds is 4. The summed E-state index contributed by atoms with van der Waals surface area (Å²) in [5, 5.41) is 0. The molecule has 1 saturated carbocycles. The molecule has 0 aromatic heterocycles. The Hall–Kier alpha value is -0.790. The van der Waals surface area contributed by atoms with Gasteiger partial charge >= 0.3 is 5.97 Å². The molecule has 0 heterocycles. The molecule has 122 valence electrons. The lowest BCUT2D eigenvalue weighted by Crippen LogP contribution is -2.33. The summed E-state index contributed by atoms with van der Waals surface area (Å²) in [6.07, 6.45) is 3.55. The van der Waals surface area contributed by atoms with Crippen LogP contribution in [-0.2, 0) is 9.53 Å². The van der Waals surface area contributed by atoms with Crippen LogP contribution in [0, 0.1) is 29.6 Å². The Morgan fingerprint density at radius 1 is 1.19 bits per heavy atom. The molecule has 0 radical (unpaired) electrons. The van der Waals surface area contributed by atoms with E-state index in [9.17, 15) is 4.79 Å². The Labute approximate surface area is 131 Å². The Morgan fingerprint density at radius 3 is 2.24 bits per heavy atom. The molecule has 0 aromatic carbocycles. The molecule has 2 nitrogen and oxygen atoms in total. The van der Waals surface area contributed by atoms with Crippen molar-refractivity contribution in [3.05, 3.63) is 12.2 Å². The van der Waals surface area contributed by atoms with Crippen LogP contribution in [0.1, 0.15) is 67.7 Å². The predicted molar refractivity (Wildman–Crippen MR) is 89.0 cm³/mol. The van der Waals surface area contributed by atoms with Crippen molar-refractivity contribution in [1.82, 2.24) is 0 Å².